The number of aromatic nitrogens is 2. The third kappa shape index (κ3) is 14.9. The van der Waals surface area contributed by atoms with Crippen LogP contribution in [0.2, 0.25) is 0 Å². The van der Waals surface area contributed by atoms with E-state index in [9.17, 15) is 0 Å². The van der Waals surface area contributed by atoms with E-state index in [1.165, 1.54) is 147 Å². The van der Waals surface area contributed by atoms with Crippen LogP contribution in [-0.4, -0.2) is 4.98 Å². The van der Waals surface area contributed by atoms with Crippen LogP contribution in [0.4, 0.5) is 0 Å². The molecule has 0 aliphatic rings. The fourth-order valence-corrected chi connectivity index (χ4v) is 5.37. The molecule has 2 unspecified atom stereocenters. The van der Waals surface area contributed by atoms with E-state index in [4.69, 9.17) is 0 Å². The Morgan fingerprint density at radius 3 is 1.48 bits per heavy atom. The van der Waals surface area contributed by atoms with E-state index in [1.54, 1.807) is 0 Å². The quantitative estimate of drug-likeness (QED) is 0.117. The van der Waals surface area contributed by atoms with E-state index >= 15 is 0 Å². The highest BCUT2D eigenvalue weighted by molar-refractivity contribution is 4.89. The second-order valence-electron chi connectivity index (χ2n) is 10.8. The summed E-state index contributed by atoms with van der Waals surface area (Å²) in [5.74, 6) is 2.17. The number of unbranched alkanes of at least 4 members (excludes halogenated alkanes) is 17. The van der Waals surface area contributed by atoms with Crippen LogP contribution < -0.4 is 4.57 Å². The standard InChI is InChI=1S/C31H60N2/c1-5-8-10-12-13-14-15-16-17-18-19-20-22-23-25-29(4)33-28-27-32-31(33)30(7-3)26-24-21-11-9-6-2/h27-30H,5-26H2,1-4H3/p+1. The van der Waals surface area contributed by atoms with Gasteiger partial charge in [0.05, 0.1) is 12.0 Å². The highest BCUT2D eigenvalue weighted by atomic mass is 15.1. The molecule has 0 saturated carbocycles. The number of nitrogens with one attached hydrogen (secondary N) is 1. The molecular formula is C31H61N2+. The first-order valence-corrected chi connectivity index (χ1v) is 15.3. The van der Waals surface area contributed by atoms with Gasteiger partial charge < -0.3 is 0 Å². The summed E-state index contributed by atoms with van der Waals surface area (Å²) < 4.78 is 2.56. The zero-order valence-corrected chi connectivity index (χ0v) is 23.3. The molecule has 0 amide bonds. The number of imidazole rings is 1. The lowest BCUT2D eigenvalue weighted by molar-refractivity contribution is -0.727. The van der Waals surface area contributed by atoms with Crippen molar-refractivity contribution in [3.8, 4) is 0 Å². The Morgan fingerprint density at radius 2 is 1.03 bits per heavy atom. The maximum atomic E-state index is 3.60. The van der Waals surface area contributed by atoms with Crippen LogP contribution in [0.25, 0.3) is 0 Å². The Balaban J connectivity index is 2.10. The summed E-state index contributed by atoms with van der Waals surface area (Å²) in [5, 5.41) is 0. The fraction of sp³-hybridized carbons (Fsp3) is 0.903. The van der Waals surface area contributed by atoms with Crippen LogP contribution in [0, 0.1) is 0 Å². The molecule has 0 saturated heterocycles. The van der Waals surface area contributed by atoms with E-state index in [-0.39, 0.29) is 0 Å². The van der Waals surface area contributed by atoms with Gasteiger partial charge in [-0.2, -0.15) is 0 Å². The molecule has 33 heavy (non-hydrogen) atoms. The van der Waals surface area contributed by atoms with E-state index in [1.807, 2.05) is 0 Å². The van der Waals surface area contributed by atoms with Gasteiger partial charge in [0, 0.05) is 0 Å². The Morgan fingerprint density at radius 1 is 0.606 bits per heavy atom. The minimum absolute atomic E-state index is 0.623. The molecule has 1 aromatic heterocycles. The van der Waals surface area contributed by atoms with Gasteiger partial charge in [-0.3, -0.25) is 0 Å². The minimum Gasteiger partial charge on any atom is -0.247 e. The Hall–Kier alpha value is -0.790. The SMILES string of the molecule is CCCCCCCCCCCCCCCCC(C)[n+]1cc[nH]c1C(CC)CCCCCCC. The van der Waals surface area contributed by atoms with Crippen LogP contribution in [0.1, 0.15) is 187 Å². The maximum Gasteiger partial charge on any atom is 0.257 e. The van der Waals surface area contributed by atoms with Crippen molar-refractivity contribution in [1.82, 2.24) is 4.98 Å². The molecular weight excluding hydrogens is 400 g/mol. The van der Waals surface area contributed by atoms with Gasteiger partial charge in [0.1, 0.15) is 12.4 Å². The molecule has 0 aliphatic heterocycles. The second kappa shape index (κ2) is 21.7. The van der Waals surface area contributed by atoms with Crippen molar-refractivity contribution in [2.45, 2.75) is 181 Å². The lowest BCUT2D eigenvalue weighted by Crippen LogP contribution is -2.41. The topological polar surface area (TPSA) is 19.7 Å². The molecule has 0 radical (unpaired) electrons. The molecule has 0 bridgehead atoms. The first-order valence-electron chi connectivity index (χ1n) is 15.3. The van der Waals surface area contributed by atoms with E-state index in [0.717, 1.165) is 0 Å². The molecule has 0 aromatic carbocycles. The van der Waals surface area contributed by atoms with Crippen molar-refractivity contribution < 1.29 is 4.57 Å². The number of hydrogen-bond acceptors (Lipinski definition) is 0. The molecule has 194 valence electrons. The zero-order valence-electron chi connectivity index (χ0n) is 23.3. The van der Waals surface area contributed by atoms with E-state index in [2.05, 4.69) is 49.6 Å². The predicted molar refractivity (Wildman–Crippen MR) is 147 cm³/mol. The monoisotopic (exact) mass is 461 g/mol. The lowest BCUT2D eigenvalue weighted by atomic mass is 9.96. The summed E-state index contributed by atoms with van der Waals surface area (Å²) in [7, 11) is 0. The van der Waals surface area contributed by atoms with Gasteiger partial charge in [-0.1, -0.05) is 136 Å². The van der Waals surface area contributed by atoms with Crippen LogP contribution in [0.5, 0.6) is 0 Å². The second-order valence-corrected chi connectivity index (χ2v) is 10.8. The van der Waals surface area contributed by atoms with Crippen molar-refractivity contribution >= 4 is 0 Å². The van der Waals surface area contributed by atoms with Crippen LogP contribution in [-0.2, 0) is 0 Å². The van der Waals surface area contributed by atoms with Gasteiger partial charge in [-0.25, -0.2) is 9.55 Å². The van der Waals surface area contributed by atoms with E-state index in [0.29, 0.717) is 12.0 Å². The number of nitrogens with zero attached hydrogens (tertiary/aromatic N) is 1. The average Bonchev–Trinajstić information content (AvgIpc) is 3.31. The summed E-state index contributed by atoms with van der Waals surface area (Å²) >= 11 is 0. The van der Waals surface area contributed by atoms with Crippen molar-refractivity contribution in [3.05, 3.63) is 18.2 Å². The molecule has 2 atom stereocenters. The smallest absolute Gasteiger partial charge is 0.247 e. The highest BCUT2D eigenvalue weighted by Gasteiger charge is 2.24. The third-order valence-corrected chi connectivity index (χ3v) is 7.73. The van der Waals surface area contributed by atoms with Gasteiger partial charge in [0.25, 0.3) is 5.82 Å². The van der Waals surface area contributed by atoms with Crippen molar-refractivity contribution in [1.29, 1.82) is 0 Å². The Bertz CT molecular complexity index is 521. The molecule has 0 aliphatic carbocycles. The Kier molecular flexibility index (Phi) is 19.9. The molecule has 0 spiro atoms. The molecule has 2 nitrogen and oxygen atoms in total. The fourth-order valence-electron chi connectivity index (χ4n) is 5.37. The lowest BCUT2D eigenvalue weighted by Gasteiger charge is -2.16. The van der Waals surface area contributed by atoms with Crippen LogP contribution in [0.3, 0.4) is 0 Å². The molecule has 1 rings (SSSR count). The average molecular weight is 462 g/mol. The summed E-state index contributed by atoms with van der Waals surface area (Å²) in [6.07, 6.45) is 35.5. The van der Waals surface area contributed by atoms with Crippen molar-refractivity contribution in [3.63, 3.8) is 0 Å². The van der Waals surface area contributed by atoms with Crippen molar-refractivity contribution in [2.75, 3.05) is 0 Å². The number of aromatic amines is 1. The first kappa shape index (κ1) is 30.2. The summed E-state index contributed by atoms with van der Waals surface area (Å²) in [4.78, 5) is 3.60. The molecule has 2 heteroatoms. The predicted octanol–water partition coefficient (Wildman–Crippen LogP) is 10.6. The molecule has 1 aromatic rings. The van der Waals surface area contributed by atoms with Gasteiger partial charge in [-0.15, -0.1) is 0 Å². The van der Waals surface area contributed by atoms with E-state index < -0.39 is 0 Å². The van der Waals surface area contributed by atoms with Gasteiger partial charge >= 0.3 is 0 Å². The van der Waals surface area contributed by atoms with Crippen LogP contribution in [0.15, 0.2) is 12.4 Å². The number of hydrogen-bond donors (Lipinski definition) is 1. The molecule has 1 N–H and O–H groups in total. The Labute approximate surface area is 208 Å². The number of H-pyrrole nitrogens is 1. The van der Waals surface area contributed by atoms with Crippen molar-refractivity contribution in [2.24, 2.45) is 0 Å². The van der Waals surface area contributed by atoms with Gasteiger partial charge in [0.15, 0.2) is 0 Å². The van der Waals surface area contributed by atoms with Gasteiger partial charge in [-0.05, 0) is 32.6 Å². The molecule has 1 heterocycles. The highest BCUT2D eigenvalue weighted by Crippen LogP contribution is 2.24. The normalized spacial score (nSPS) is 13.5. The minimum atomic E-state index is 0.623. The third-order valence-electron chi connectivity index (χ3n) is 7.73. The zero-order chi connectivity index (χ0) is 24.0. The van der Waals surface area contributed by atoms with Crippen LogP contribution >= 0.6 is 0 Å². The first-order chi connectivity index (χ1) is 16.2. The summed E-state index contributed by atoms with van der Waals surface area (Å²) in [6.45, 7) is 9.39. The summed E-state index contributed by atoms with van der Waals surface area (Å²) in [5.41, 5.74) is 0. The maximum absolute atomic E-state index is 3.60. The molecule has 0 fully saturated rings. The number of rotatable bonds is 24. The largest absolute Gasteiger partial charge is 0.257 e. The van der Waals surface area contributed by atoms with Gasteiger partial charge in [0.2, 0.25) is 0 Å². The summed E-state index contributed by atoms with van der Waals surface area (Å²) in [6, 6.07) is 0.623.